The van der Waals surface area contributed by atoms with E-state index in [1.54, 1.807) is 6.08 Å². The summed E-state index contributed by atoms with van der Waals surface area (Å²) in [5, 5.41) is 22.3. The maximum Gasteiger partial charge on any atom is 0.220 e. The Bertz CT molecular complexity index is 358. The quantitative estimate of drug-likeness (QED) is 0.210. The van der Waals surface area contributed by atoms with Crippen molar-refractivity contribution in [3.05, 3.63) is 12.2 Å². The summed E-state index contributed by atoms with van der Waals surface area (Å²) in [6.45, 7) is 4.10. The molecule has 27 heavy (non-hydrogen) atoms. The predicted molar refractivity (Wildman–Crippen MR) is 115 cm³/mol. The summed E-state index contributed by atoms with van der Waals surface area (Å²) in [5.74, 6) is -0.0929. The molecule has 0 aliphatic heterocycles. The van der Waals surface area contributed by atoms with Gasteiger partial charge >= 0.3 is 0 Å². The Morgan fingerprint density at radius 2 is 1.37 bits per heavy atom. The van der Waals surface area contributed by atoms with Crippen LogP contribution in [0.1, 0.15) is 110 Å². The monoisotopic (exact) mass is 383 g/mol. The minimum atomic E-state index is -0.826. The van der Waals surface area contributed by atoms with E-state index in [0.717, 1.165) is 32.1 Å². The molecule has 2 atom stereocenters. The third kappa shape index (κ3) is 17.0. The third-order valence-corrected chi connectivity index (χ3v) is 5.02. The van der Waals surface area contributed by atoms with Crippen molar-refractivity contribution in [1.82, 2.24) is 5.32 Å². The maximum absolute atomic E-state index is 11.8. The van der Waals surface area contributed by atoms with Crippen LogP contribution in [0.25, 0.3) is 0 Å². The molecule has 0 aliphatic carbocycles. The van der Waals surface area contributed by atoms with Crippen molar-refractivity contribution in [2.75, 3.05) is 6.61 Å². The predicted octanol–water partition coefficient (Wildman–Crippen LogP) is 5.27. The molecule has 0 aromatic heterocycles. The first kappa shape index (κ1) is 26.1. The zero-order chi connectivity index (χ0) is 20.2. The van der Waals surface area contributed by atoms with Crippen molar-refractivity contribution >= 4 is 5.91 Å². The summed E-state index contributed by atoms with van der Waals surface area (Å²) in [4.78, 5) is 11.8. The zero-order valence-corrected chi connectivity index (χ0v) is 17.9. The normalized spacial score (nSPS) is 13.8. The van der Waals surface area contributed by atoms with Crippen LogP contribution in [0.2, 0.25) is 0 Å². The molecule has 0 rings (SSSR count). The van der Waals surface area contributed by atoms with Gasteiger partial charge in [0.05, 0.1) is 18.8 Å². The maximum atomic E-state index is 11.8. The largest absolute Gasteiger partial charge is 0.394 e. The zero-order valence-electron chi connectivity index (χ0n) is 17.9. The molecule has 0 heterocycles. The van der Waals surface area contributed by atoms with Gasteiger partial charge in [0.1, 0.15) is 0 Å². The lowest BCUT2D eigenvalue weighted by Crippen LogP contribution is -2.45. The van der Waals surface area contributed by atoms with Gasteiger partial charge in [0, 0.05) is 6.42 Å². The molecule has 4 nitrogen and oxygen atoms in total. The summed E-state index contributed by atoms with van der Waals surface area (Å²) in [6.07, 6.45) is 20.4. The van der Waals surface area contributed by atoms with Crippen LogP contribution in [0.4, 0.5) is 0 Å². The molecule has 0 fully saturated rings. The van der Waals surface area contributed by atoms with Crippen molar-refractivity contribution in [2.24, 2.45) is 0 Å². The van der Waals surface area contributed by atoms with Gasteiger partial charge in [-0.1, -0.05) is 96.6 Å². The number of aliphatic hydroxyl groups is 2. The number of aliphatic hydroxyl groups excluding tert-OH is 2. The van der Waals surface area contributed by atoms with Crippen LogP contribution in [-0.2, 0) is 4.79 Å². The van der Waals surface area contributed by atoms with Crippen molar-refractivity contribution in [3.8, 4) is 0 Å². The van der Waals surface area contributed by atoms with E-state index in [2.05, 4.69) is 19.2 Å². The molecular weight excluding hydrogens is 338 g/mol. The number of hydrogen-bond donors (Lipinski definition) is 3. The van der Waals surface area contributed by atoms with Gasteiger partial charge in [-0.2, -0.15) is 0 Å². The van der Waals surface area contributed by atoms with Gasteiger partial charge in [-0.3, -0.25) is 4.79 Å². The highest BCUT2D eigenvalue weighted by atomic mass is 16.3. The van der Waals surface area contributed by atoms with Crippen molar-refractivity contribution < 1.29 is 15.0 Å². The topological polar surface area (TPSA) is 69.6 Å². The van der Waals surface area contributed by atoms with Gasteiger partial charge < -0.3 is 15.5 Å². The van der Waals surface area contributed by atoms with Crippen molar-refractivity contribution in [1.29, 1.82) is 0 Å². The molecule has 160 valence electrons. The Morgan fingerprint density at radius 1 is 0.852 bits per heavy atom. The lowest BCUT2D eigenvalue weighted by atomic mass is 10.1. The Balaban J connectivity index is 3.70. The van der Waals surface area contributed by atoms with Gasteiger partial charge in [0.25, 0.3) is 0 Å². The van der Waals surface area contributed by atoms with E-state index in [1.807, 2.05) is 6.08 Å². The molecule has 0 aliphatic rings. The number of amides is 1. The summed E-state index contributed by atoms with van der Waals surface area (Å²) < 4.78 is 0. The lowest BCUT2D eigenvalue weighted by Gasteiger charge is -2.19. The fraction of sp³-hybridized carbons (Fsp3) is 0.870. The number of hydrogen-bond acceptors (Lipinski definition) is 3. The first-order chi connectivity index (χ1) is 13.2. The fourth-order valence-corrected chi connectivity index (χ4v) is 3.17. The van der Waals surface area contributed by atoms with Crippen LogP contribution in [0, 0.1) is 0 Å². The average molecular weight is 384 g/mol. The van der Waals surface area contributed by atoms with Gasteiger partial charge in [-0.25, -0.2) is 0 Å². The molecule has 3 N–H and O–H groups in total. The molecule has 4 heteroatoms. The summed E-state index contributed by atoms with van der Waals surface area (Å²) in [6, 6.07) is -0.608. The highest BCUT2D eigenvalue weighted by molar-refractivity contribution is 5.76. The van der Waals surface area contributed by atoms with Crippen LogP contribution < -0.4 is 5.32 Å². The van der Waals surface area contributed by atoms with E-state index in [-0.39, 0.29) is 12.5 Å². The molecule has 0 aromatic rings. The van der Waals surface area contributed by atoms with E-state index < -0.39 is 12.1 Å². The van der Waals surface area contributed by atoms with Crippen LogP contribution >= 0.6 is 0 Å². The number of rotatable bonds is 19. The molecule has 1 amide bonds. The van der Waals surface area contributed by atoms with E-state index in [9.17, 15) is 15.0 Å². The smallest absolute Gasteiger partial charge is 0.220 e. The molecular formula is C23H45NO3. The molecule has 0 aromatic carbocycles. The first-order valence-electron chi connectivity index (χ1n) is 11.4. The lowest BCUT2D eigenvalue weighted by molar-refractivity contribution is -0.123. The number of nitrogens with one attached hydrogen (secondary N) is 1. The molecule has 0 radical (unpaired) electrons. The SMILES string of the molecule is CCCCCCCCCCCC/C=C/C(O)C(CO)NC(=O)CCCCC. The second-order valence-corrected chi connectivity index (χ2v) is 7.70. The number of unbranched alkanes of at least 4 members (excludes halogenated alkanes) is 12. The minimum Gasteiger partial charge on any atom is -0.394 e. The molecule has 0 saturated carbocycles. The Labute approximate surface area is 167 Å². The number of carbonyl (C=O) groups excluding carboxylic acids is 1. The van der Waals surface area contributed by atoms with Crippen LogP contribution in [-0.4, -0.2) is 34.9 Å². The van der Waals surface area contributed by atoms with E-state index in [0.29, 0.717) is 6.42 Å². The van der Waals surface area contributed by atoms with Crippen molar-refractivity contribution in [2.45, 2.75) is 122 Å². The molecule has 0 saturated heterocycles. The van der Waals surface area contributed by atoms with Gasteiger partial charge in [-0.15, -0.1) is 0 Å². The van der Waals surface area contributed by atoms with Gasteiger partial charge in [0.2, 0.25) is 5.91 Å². The second kappa shape index (κ2) is 19.9. The Hall–Kier alpha value is -0.870. The fourth-order valence-electron chi connectivity index (χ4n) is 3.17. The van der Waals surface area contributed by atoms with Crippen LogP contribution in [0.15, 0.2) is 12.2 Å². The Morgan fingerprint density at radius 3 is 1.93 bits per heavy atom. The standard InChI is InChI=1S/C23H45NO3/c1-3-5-7-8-9-10-11-12-13-14-15-17-18-22(26)21(20-25)24-23(27)19-16-6-4-2/h17-18,21-22,25-26H,3-16,19-20H2,1-2H3,(H,24,27)/b18-17+. The second-order valence-electron chi connectivity index (χ2n) is 7.70. The highest BCUT2D eigenvalue weighted by Crippen LogP contribution is 2.11. The van der Waals surface area contributed by atoms with E-state index >= 15 is 0 Å². The summed E-state index contributed by atoms with van der Waals surface area (Å²) in [5.41, 5.74) is 0. The van der Waals surface area contributed by atoms with E-state index in [1.165, 1.54) is 57.8 Å². The van der Waals surface area contributed by atoms with Crippen LogP contribution in [0.3, 0.4) is 0 Å². The minimum absolute atomic E-state index is 0.0929. The summed E-state index contributed by atoms with van der Waals surface area (Å²) in [7, 11) is 0. The Kier molecular flexibility index (Phi) is 19.2. The first-order valence-corrected chi connectivity index (χ1v) is 11.4. The summed E-state index contributed by atoms with van der Waals surface area (Å²) >= 11 is 0. The third-order valence-electron chi connectivity index (χ3n) is 5.02. The van der Waals surface area contributed by atoms with Gasteiger partial charge in [0.15, 0.2) is 0 Å². The molecule has 2 unspecified atom stereocenters. The number of allylic oxidation sites excluding steroid dienone is 1. The van der Waals surface area contributed by atoms with E-state index in [4.69, 9.17) is 0 Å². The number of carbonyl (C=O) groups is 1. The molecule has 0 bridgehead atoms. The average Bonchev–Trinajstić information content (AvgIpc) is 2.67. The van der Waals surface area contributed by atoms with Crippen molar-refractivity contribution in [3.63, 3.8) is 0 Å². The van der Waals surface area contributed by atoms with Crippen LogP contribution in [0.5, 0.6) is 0 Å². The molecule has 0 spiro atoms. The van der Waals surface area contributed by atoms with Gasteiger partial charge in [-0.05, 0) is 19.3 Å². The highest BCUT2D eigenvalue weighted by Gasteiger charge is 2.17.